The highest BCUT2D eigenvalue weighted by Crippen LogP contribution is 2.20. The fraction of sp³-hybridized carbons (Fsp3) is 0.312. The molecule has 0 atom stereocenters. The fourth-order valence-electron chi connectivity index (χ4n) is 2.03. The van der Waals surface area contributed by atoms with Crippen LogP contribution in [0.2, 0.25) is 5.15 Å². The molecular formula is C16H19ClN2. The molecule has 100 valence electrons. The number of hydrogen-bond acceptors (Lipinski definition) is 2. The van der Waals surface area contributed by atoms with E-state index >= 15 is 0 Å². The van der Waals surface area contributed by atoms with E-state index in [9.17, 15) is 0 Å². The van der Waals surface area contributed by atoms with Gasteiger partial charge in [0.2, 0.25) is 0 Å². The molecule has 2 aromatic rings. The molecule has 0 unspecified atom stereocenters. The minimum Gasteiger partial charge on any atom is -0.367 e. The van der Waals surface area contributed by atoms with Crippen molar-refractivity contribution in [3.8, 4) is 0 Å². The molecule has 19 heavy (non-hydrogen) atoms. The standard InChI is InChI=1S/C16H19ClN2/c1-2-3-12-19(15-9-5-4-6-10-15)13-14-8-7-11-18-16(14)17/h4-11H,2-3,12-13H2,1H3. The Morgan fingerprint density at radius 3 is 2.58 bits per heavy atom. The Hall–Kier alpha value is -1.54. The molecule has 0 radical (unpaired) electrons. The lowest BCUT2D eigenvalue weighted by Gasteiger charge is -2.25. The predicted molar refractivity (Wildman–Crippen MR) is 81.6 cm³/mol. The first-order valence-corrected chi connectivity index (χ1v) is 7.08. The Morgan fingerprint density at radius 2 is 1.89 bits per heavy atom. The molecule has 0 spiro atoms. The van der Waals surface area contributed by atoms with Gasteiger partial charge in [-0.05, 0) is 24.6 Å². The molecule has 0 aliphatic heterocycles. The number of benzene rings is 1. The molecular weight excluding hydrogens is 256 g/mol. The first kappa shape index (κ1) is 13.9. The van der Waals surface area contributed by atoms with Gasteiger partial charge in [-0.1, -0.05) is 49.2 Å². The molecule has 1 aromatic heterocycles. The molecule has 3 heteroatoms. The second-order valence-electron chi connectivity index (χ2n) is 4.56. The summed E-state index contributed by atoms with van der Waals surface area (Å²) in [6.45, 7) is 4.04. The van der Waals surface area contributed by atoms with Gasteiger partial charge in [0.25, 0.3) is 0 Å². The van der Waals surface area contributed by atoms with Crippen molar-refractivity contribution in [1.82, 2.24) is 4.98 Å². The van der Waals surface area contributed by atoms with Crippen LogP contribution >= 0.6 is 11.6 Å². The van der Waals surface area contributed by atoms with Gasteiger partial charge in [-0.25, -0.2) is 4.98 Å². The Labute approximate surface area is 120 Å². The Balaban J connectivity index is 2.17. The van der Waals surface area contributed by atoms with Gasteiger partial charge in [-0.2, -0.15) is 0 Å². The summed E-state index contributed by atoms with van der Waals surface area (Å²) in [5.41, 5.74) is 2.31. The summed E-state index contributed by atoms with van der Waals surface area (Å²) in [6, 6.07) is 14.4. The van der Waals surface area contributed by atoms with Crippen LogP contribution in [0.1, 0.15) is 25.3 Å². The van der Waals surface area contributed by atoms with E-state index in [0.29, 0.717) is 5.15 Å². The second kappa shape index (κ2) is 7.15. The van der Waals surface area contributed by atoms with E-state index in [1.54, 1.807) is 6.20 Å². The summed E-state index contributed by atoms with van der Waals surface area (Å²) in [5.74, 6) is 0. The van der Waals surface area contributed by atoms with Crippen molar-refractivity contribution in [2.75, 3.05) is 11.4 Å². The van der Waals surface area contributed by atoms with Crippen molar-refractivity contribution < 1.29 is 0 Å². The Bertz CT molecular complexity index is 499. The van der Waals surface area contributed by atoms with Gasteiger partial charge in [0.15, 0.2) is 0 Å². The van der Waals surface area contributed by atoms with E-state index in [2.05, 4.69) is 41.1 Å². The molecule has 0 bridgehead atoms. The number of halogens is 1. The van der Waals surface area contributed by atoms with Gasteiger partial charge in [0.05, 0.1) is 0 Å². The van der Waals surface area contributed by atoms with Crippen molar-refractivity contribution in [3.05, 3.63) is 59.4 Å². The van der Waals surface area contributed by atoms with Crippen molar-refractivity contribution in [3.63, 3.8) is 0 Å². The average Bonchev–Trinajstić information content (AvgIpc) is 2.46. The van der Waals surface area contributed by atoms with Gasteiger partial charge >= 0.3 is 0 Å². The van der Waals surface area contributed by atoms with Crippen LogP contribution in [0.25, 0.3) is 0 Å². The number of para-hydroxylation sites is 1. The lowest BCUT2D eigenvalue weighted by molar-refractivity contribution is 0.715. The number of aromatic nitrogens is 1. The zero-order valence-corrected chi connectivity index (χ0v) is 12.0. The third kappa shape index (κ3) is 3.97. The van der Waals surface area contributed by atoms with E-state index < -0.39 is 0 Å². The first-order valence-electron chi connectivity index (χ1n) is 6.70. The second-order valence-corrected chi connectivity index (χ2v) is 4.92. The van der Waals surface area contributed by atoms with Crippen LogP contribution in [0.4, 0.5) is 5.69 Å². The summed E-state index contributed by atoms with van der Waals surface area (Å²) >= 11 is 6.15. The summed E-state index contributed by atoms with van der Waals surface area (Å²) in [4.78, 5) is 6.50. The SMILES string of the molecule is CCCCN(Cc1cccnc1Cl)c1ccccc1. The molecule has 0 amide bonds. The molecule has 1 aromatic carbocycles. The van der Waals surface area contributed by atoms with Crippen LogP contribution in [-0.4, -0.2) is 11.5 Å². The third-order valence-electron chi connectivity index (χ3n) is 3.10. The largest absolute Gasteiger partial charge is 0.367 e. The van der Waals surface area contributed by atoms with Crippen LogP contribution in [0.15, 0.2) is 48.7 Å². The van der Waals surface area contributed by atoms with Gasteiger partial charge in [-0.3, -0.25) is 0 Å². The fourth-order valence-corrected chi connectivity index (χ4v) is 2.21. The maximum atomic E-state index is 6.15. The minimum absolute atomic E-state index is 0.597. The summed E-state index contributed by atoms with van der Waals surface area (Å²) in [6.07, 6.45) is 4.08. The monoisotopic (exact) mass is 274 g/mol. The van der Waals surface area contributed by atoms with Gasteiger partial charge in [0.1, 0.15) is 5.15 Å². The maximum Gasteiger partial charge on any atom is 0.133 e. The average molecular weight is 275 g/mol. The van der Waals surface area contributed by atoms with E-state index in [4.69, 9.17) is 11.6 Å². The lowest BCUT2D eigenvalue weighted by atomic mass is 10.2. The molecule has 2 nitrogen and oxygen atoms in total. The highest BCUT2D eigenvalue weighted by Gasteiger charge is 2.09. The number of unbranched alkanes of at least 4 members (excludes halogenated alkanes) is 1. The lowest BCUT2D eigenvalue weighted by Crippen LogP contribution is -2.24. The van der Waals surface area contributed by atoms with Gasteiger partial charge in [-0.15, -0.1) is 0 Å². The number of pyridine rings is 1. The van der Waals surface area contributed by atoms with E-state index in [1.165, 1.54) is 18.5 Å². The minimum atomic E-state index is 0.597. The first-order chi connectivity index (χ1) is 9.31. The van der Waals surface area contributed by atoms with Crippen LogP contribution in [0.3, 0.4) is 0 Å². The smallest absolute Gasteiger partial charge is 0.133 e. The molecule has 0 N–H and O–H groups in total. The van der Waals surface area contributed by atoms with Gasteiger partial charge in [0, 0.05) is 30.5 Å². The summed E-state index contributed by atoms with van der Waals surface area (Å²) in [5, 5.41) is 0.597. The number of nitrogens with zero attached hydrogens (tertiary/aromatic N) is 2. The molecule has 0 aliphatic carbocycles. The summed E-state index contributed by atoms with van der Waals surface area (Å²) < 4.78 is 0. The molecule has 0 aliphatic rings. The van der Waals surface area contributed by atoms with Gasteiger partial charge < -0.3 is 4.90 Å². The Kier molecular flexibility index (Phi) is 5.22. The Morgan fingerprint density at radius 1 is 1.11 bits per heavy atom. The maximum absolute atomic E-state index is 6.15. The normalized spacial score (nSPS) is 10.4. The van der Waals surface area contributed by atoms with Crippen LogP contribution in [-0.2, 0) is 6.54 Å². The molecule has 0 saturated heterocycles. The van der Waals surface area contributed by atoms with Crippen LogP contribution in [0.5, 0.6) is 0 Å². The predicted octanol–water partition coefficient (Wildman–Crippen LogP) is 4.54. The number of rotatable bonds is 6. The van der Waals surface area contributed by atoms with Crippen molar-refractivity contribution >= 4 is 17.3 Å². The molecule has 2 rings (SSSR count). The zero-order valence-electron chi connectivity index (χ0n) is 11.2. The highest BCUT2D eigenvalue weighted by molar-refractivity contribution is 6.30. The zero-order chi connectivity index (χ0) is 13.5. The van der Waals surface area contributed by atoms with Crippen LogP contribution in [0, 0.1) is 0 Å². The quantitative estimate of drug-likeness (QED) is 0.719. The summed E-state index contributed by atoms with van der Waals surface area (Å²) in [7, 11) is 0. The number of anilines is 1. The topological polar surface area (TPSA) is 16.1 Å². The molecule has 0 fully saturated rings. The third-order valence-corrected chi connectivity index (χ3v) is 3.44. The van der Waals surface area contributed by atoms with Crippen LogP contribution < -0.4 is 4.90 Å². The highest BCUT2D eigenvalue weighted by atomic mass is 35.5. The number of hydrogen-bond donors (Lipinski definition) is 0. The van der Waals surface area contributed by atoms with Crippen molar-refractivity contribution in [2.24, 2.45) is 0 Å². The van der Waals surface area contributed by atoms with Crippen molar-refractivity contribution in [2.45, 2.75) is 26.3 Å². The van der Waals surface area contributed by atoms with Crippen molar-refractivity contribution in [1.29, 1.82) is 0 Å². The molecule has 1 heterocycles. The molecule has 0 saturated carbocycles. The van der Waals surface area contributed by atoms with E-state index in [-0.39, 0.29) is 0 Å². The van der Waals surface area contributed by atoms with E-state index in [0.717, 1.165) is 18.7 Å². The van der Waals surface area contributed by atoms with E-state index in [1.807, 2.05) is 18.2 Å².